The lowest BCUT2D eigenvalue weighted by molar-refractivity contribution is -0.149. The summed E-state index contributed by atoms with van der Waals surface area (Å²) in [5, 5.41) is 2.77. The lowest BCUT2D eigenvalue weighted by Gasteiger charge is -2.32. The van der Waals surface area contributed by atoms with Crippen LogP contribution in [0, 0.1) is 0 Å². The first-order valence-electron chi connectivity index (χ1n) is 13.3. The van der Waals surface area contributed by atoms with E-state index < -0.39 is 29.4 Å². The Morgan fingerprint density at radius 1 is 0.973 bits per heavy atom. The highest BCUT2D eigenvalue weighted by Gasteiger charge is 2.46. The van der Waals surface area contributed by atoms with Gasteiger partial charge in [0.1, 0.15) is 11.6 Å². The van der Waals surface area contributed by atoms with Crippen LogP contribution in [0.1, 0.15) is 105 Å². The van der Waals surface area contributed by atoms with Gasteiger partial charge in [0.15, 0.2) is 0 Å². The summed E-state index contributed by atoms with van der Waals surface area (Å²) >= 11 is 0. The van der Waals surface area contributed by atoms with Crippen molar-refractivity contribution in [3.8, 4) is 0 Å². The molecule has 5 amide bonds. The van der Waals surface area contributed by atoms with Crippen LogP contribution in [-0.4, -0.2) is 64.8 Å². The summed E-state index contributed by atoms with van der Waals surface area (Å²) in [6.07, 6.45) is 7.73. The van der Waals surface area contributed by atoms with Crippen LogP contribution in [0.5, 0.6) is 0 Å². The lowest BCUT2D eigenvalue weighted by Crippen LogP contribution is -2.54. The van der Waals surface area contributed by atoms with Gasteiger partial charge >= 0.3 is 6.09 Å². The number of nitrogens with zero attached hydrogens (tertiary/aromatic N) is 2. The molecule has 0 aliphatic carbocycles. The van der Waals surface area contributed by atoms with E-state index in [2.05, 4.69) is 5.32 Å². The third-order valence-corrected chi connectivity index (χ3v) is 6.76. The number of unbranched alkanes of at least 4 members (excludes halogenated alkanes) is 6. The van der Waals surface area contributed by atoms with Crippen molar-refractivity contribution in [3.05, 3.63) is 34.9 Å². The minimum absolute atomic E-state index is 0.132. The van der Waals surface area contributed by atoms with Gasteiger partial charge in [-0.15, -0.1) is 0 Å². The highest BCUT2D eigenvalue weighted by atomic mass is 16.6. The Morgan fingerprint density at radius 2 is 1.62 bits per heavy atom. The molecule has 1 unspecified atom stereocenters. The molecule has 1 fully saturated rings. The first-order chi connectivity index (χ1) is 17.5. The quantitative estimate of drug-likeness (QED) is 0.350. The predicted octanol–water partition coefficient (Wildman–Crippen LogP) is 4.23. The number of imide groups is 2. The number of likely N-dealkylation sites (N-methyl/N-ethyl adjacent to an activating group) is 1. The van der Waals surface area contributed by atoms with E-state index in [0.717, 1.165) is 60.3 Å². The average Bonchev–Trinajstić information content (AvgIpc) is 3.08. The first kappa shape index (κ1) is 28.3. The Hall–Kier alpha value is -3.23. The SMILES string of the molecule is CN1C(=O)CCC(N2C(=O)c3cccc(CCCCCCCCCNC(=O)OC(C)(C)C)c3C2=O)C1=O. The number of rotatable bonds is 11. The molecule has 9 nitrogen and oxygen atoms in total. The number of ether oxygens (including phenoxy) is 1. The van der Waals surface area contributed by atoms with Gasteiger partial charge in [0.25, 0.3) is 17.7 Å². The first-order valence-corrected chi connectivity index (χ1v) is 13.3. The second kappa shape index (κ2) is 12.3. The maximum Gasteiger partial charge on any atom is 0.407 e. The van der Waals surface area contributed by atoms with Gasteiger partial charge in [0.2, 0.25) is 5.91 Å². The van der Waals surface area contributed by atoms with E-state index in [9.17, 15) is 24.0 Å². The molecule has 0 aromatic heterocycles. The van der Waals surface area contributed by atoms with Crippen molar-refractivity contribution in [2.75, 3.05) is 13.6 Å². The molecule has 2 aliphatic heterocycles. The summed E-state index contributed by atoms with van der Waals surface area (Å²) in [6.45, 7) is 6.13. The van der Waals surface area contributed by atoms with Crippen molar-refractivity contribution in [2.24, 2.45) is 0 Å². The topological polar surface area (TPSA) is 113 Å². The number of fused-ring (bicyclic) bond motifs is 1. The molecule has 0 radical (unpaired) electrons. The third kappa shape index (κ3) is 7.17. The van der Waals surface area contributed by atoms with Crippen molar-refractivity contribution >= 4 is 29.7 Å². The van der Waals surface area contributed by atoms with Crippen LogP contribution in [0.2, 0.25) is 0 Å². The fourth-order valence-corrected chi connectivity index (χ4v) is 4.83. The van der Waals surface area contributed by atoms with Gasteiger partial charge in [-0.3, -0.25) is 29.0 Å². The van der Waals surface area contributed by atoms with Crippen molar-refractivity contribution in [1.29, 1.82) is 0 Å². The number of alkyl carbamates (subject to hydrolysis) is 1. The number of hydrogen-bond acceptors (Lipinski definition) is 6. The molecule has 0 saturated carbocycles. The number of benzene rings is 1. The highest BCUT2D eigenvalue weighted by molar-refractivity contribution is 6.24. The molecule has 1 aromatic carbocycles. The normalized spacial score (nSPS) is 17.9. The lowest BCUT2D eigenvalue weighted by atomic mass is 9.97. The maximum atomic E-state index is 13.2. The molecule has 3 rings (SSSR count). The van der Waals surface area contributed by atoms with E-state index >= 15 is 0 Å². The summed E-state index contributed by atoms with van der Waals surface area (Å²) in [5.41, 5.74) is 1.09. The van der Waals surface area contributed by atoms with Gasteiger partial charge in [-0.25, -0.2) is 4.79 Å². The van der Waals surface area contributed by atoms with E-state index in [-0.39, 0.29) is 24.8 Å². The number of hydrogen-bond donors (Lipinski definition) is 1. The van der Waals surface area contributed by atoms with Gasteiger partial charge < -0.3 is 10.1 Å². The zero-order valence-corrected chi connectivity index (χ0v) is 22.4. The molecule has 202 valence electrons. The minimum atomic E-state index is -0.928. The van der Waals surface area contributed by atoms with Crippen LogP contribution in [0.3, 0.4) is 0 Å². The second-order valence-electron chi connectivity index (χ2n) is 10.8. The third-order valence-electron chi connectivity index (χ3n) is 6.76. The predicted molar refractivity (Wildman–Crippen MR) is 138 cm³/mol. The molecular weight excluding hydrogens is 474 g/mol. The van der Waals surface area contributed by atoms with Gasteiger partial charge in [-0.05, 0) is 58.1 Å². The summed E-state index contributed by atoms with van der Waals surface area (Å²) < 4.78 is 5.21. The molecule has 0 bridgehead atoms. The van der Waals surface area contributed by atoms with Gasteiger partial charge in [0.05, 0.1) is 11.1 Å². The Balaban J connectivity index is 1.40. The van der Waals surface area contributed by atoms with Crippen molar-refractivity contribution < 1.29 is 28.7 Å². The highest BCUT2D eigenvalue weighted by Crippen LogP contribution is 2.31. The van der Waals surface area contributed by atoms with E-state index in [1.54, 1.807) is 12.1 Å². The van der Waals surface area contributed by atoms with E-state index in [4.69, 9.17) is 4.74 Å². The van der Waals surface area contributed by atoms with Crippen LogP contribution in [0.15, 0.2) is 18.2 Å². The molecule has 1 saturated heterocycles. The summed E-state index contributed by atoms with van der Waals surface area (Å²) in [4.78, 5) is 64.4. The summed E-state index contributed by atoms with van der Waals surface area (Å²) in [7, 11) is 1.39. The molecule has 9 heteroatoms. The molecule has 1 aromatic rings. The van der Waals surface area contributed by atoms with Crippen molar-refractivity contribution in [2.45, 2.75) is 96.6 Å². The Bertz CT molecular complexity index is 1040. The zero-order valence-electron chi connectivity index (χ0n) is 22.4. The number of aryl methyl sites for hydroxylation is 1. The molecular formula is C28H39N3O6. The molecule has 2 heterocycles. The number of amides is 5. The van der Waals surface area contributed by atoms with Gasteiger partial charge in [0, 0.05) is 20.0 Å². The molecule has 0 spiro atoms. The van der Waals surface area contributed by atoms with Gasteiger partial charge in [-0.2, -0.15) is 0 Å². The van der Waals surface area contributed by atoms with Crippen LogP contribution in [-0.2, 0) is 20.7 Å². The Morgan fingerprint density at radius 3 is 2.30 bits per heavy atom. The smallest absolute Gasteiger partial charge is 0.407 e. The van der Waals surface area contributed by atoms with E-state index in [0.29, 0.717) is 24.1 Å². The van der Waals surface area contributed by atoms with E-state index in [1.807, 2.05) is 26.8 Å². The second-order valence-corrected chi connectivity index (χ2v) is 10.8. The minimum Gasteiger partial charge on any atom is -0.444 e. The molecule has 2 aliphatic rings. The van der Waals surface area contributed by atoms with Crippen LogP contribution in [0.25, 0.3) is 0 Å². The number of carbonyl (C=O) groups is 5. The monoisotopic (exact) mass is 513 g/mol. The van der Waals surface area contributed by atoms with E-state index in [1.165, 1.54) is 7.05 Å². The van der Waals surface area contributed by atoms with Crippen LogP contribution >= 0.6 is 0 Å². The Kier molecular flexibility index (Phi) is 9.45. The number of nitrogens with one attached hydrogen (secondary N) is 1. The van der Waals surface area contributed by atoms with Crippen LogP contribution < -0.4 is 5.32 Å². The molecule has 1 atom stereocenters. The average molecular weight is 514 g/mol. The van der Waals surface area contributed by atoms with Crippen molar-refractivity contribution in [1.82, 2.24) is 15.1 Å². The zero-order chi connectivity index (χ0) is 27.2. The number of likely N-dealkylation sites (tertiary alicyclic amines) is 1. The summed E-state index contributed by atoms with van der Waals surface area (Å²) in [5.74, 6) is -1.69. The Labute approximate surface area is 218 Å². The van der Waals surface area contributed by atoms with Crippen LogP contribution in [0.4, 0.5) is 4.79 Å². The van der Waals surface area contributed by atoms with Gasteiger partial charge in [-0.1, -0.05) is 44.2 Å². The molecule has 37 heavy (non-hydrogen) atoms. The maximum absolute atomic E-state index is 13.2. The number of carbonyl (C=O) groups excluding carboxylic acids is 5. The summed E-state index contributed by atoms with van der Waals surface area (Å²) in [6, 6.07) is 4.37. The number of piperidine rings is 1. The standard InChI is InChI=1S/C28H39N3O6/c1-28(2,3)37-27(36)29-18-11-9-7-5-6-8-10-13-19-14-12-15-20-23(19)26(35)31(24(20)33)21-16-17-22(32)30(4)25(21)34/h12,14-15,21H,5-11,13,16-18H2,1-4H3,(H,29,36). The fourth-order valence-electron chi connectivity index (χ4n) is 4.83. The van der Waals surface area contributed by atoms with Crippen molar-refractivity contribution in [3.63, 3.8) is 0 Å². The molecule has 1 N–H and O–H groups in total. The largest absolute Gasteiger partial charge is 0.444 e. The fraction of sp³-hybridized carbons (Fsp3) is 0.607.